The van der Waals surface area contributed by atoms with Crippen molar-refractivity contribution in [1.29, 1.82) is 5.26 Å². The quantitative estimate of drug-likeness (QED) is 0.694. The number of anilines is 1. The van der Waals surface area contributed by atoms with Crippen LogP contribution in [0.5, 0.6) is 0 Å². The Bertz CT molecular complexity index is 1110. The number of likely N-dealkylation sites (N-methyl/N-ethyl adjacent to an activating group) is 1. The molecule has 0 saturated carbocycles. The maximum absolute atomic E-state index is 13.0. The first-order valence-electron chi connectivity index (χ1n) is 10.6. The highest BCUT2D eigenvalue weighted by Gasteiger charge is 2.31. The first-order chi connectivity index (χ1) is 15.0. The van der Waals surface area contributed by atoms with E-state index in [1.165, 1.54) is 22.0 Å². The molecule has 8 heteroatoms. The van der Waals surface area contributed by atoms with Crippen LogP contribution in [-0.2, 0) is 20.2 Å². The van der Waals surface area contributed by atoms with E-state index in [1.807, 2.05) is 30.1 Å². The molecule has 0 atom stereocenters. The van der Waals surface area contributed by atoms with Crippen LogP contribution < -0.4 is 4.90 Å². The van der Waals surface area contributed by atoms with Crippen LogP contribution in [0.1, 0.15) is 31.9 Å². The molecule has 0 spiro atoms. The largest absolute Gasteiger partial charge is 0.365 e. The van der Waals surface area contributed by atoms with Crippen molar-refractivity contribution in [1.82, 2.24) is 9.21 Å². The number of benzene rings is 2. The molecule has 3 rings (SSSR count). The van der Waals surface area contributed by atoms with Crippen LogP contribution in [0, 0.1) is 11.3 Å². The summed E-state index contributed by atoms with van der Waals surface area (Å²) < 4.78 is 27.3. The molecule has 1 aliphatic heterocycles. The molecule has 0 aromatic heterocycles. The molecule has 1 aliphatic rings. The van der Waals surface area contributed by atoms with Crippen LogP contribution in [0.15, 0.2) is 53.4 Å². The van der Waals surface area contributed by atoms with Gasteiger partial charge in [-0.3, -0.25) is 4.79 Å². The highest BCUT2D eigenvalue weighted by Crippen LogP contribution is 2.25. The van der Waals surface area contributed by atoms with Gasteiger partial charge < -0.3 is 9.80 Å². The van der Waals surface area contributed by atoms with Crippen LogP contribution in [0.2, 0.25) is 0 Å². The Balaban J connectivity index is 1.60. The van der Waals surface area contributed by atoms with Gasteiger partial charge in [-0.15, -0.1) is 0 Å². The lowest BCUT2D eigenvalue weighted by molar-refractivity contribution is -0.130. The van der Waals surface area contributed by atoms with Gasteiger partial charge in [0.2, 0.25) is 15.9 Å². The number of hydrogen-bond acceptors (Lipinski definition) is 5. The van der Waals surface area contributed by atoms with Crippen LogP contribution in [0.3, 0.4) is 0 Å². The standard InChI is InChI=1S/C24H30N4O3S/c1-24(2,3)20-9-11-21(12-10-20)26(4)18-23(29)27-13-15-28(16-14-27)32(30,31)22-8-6-5-7-19(22)17-25/h5-12H,13-16,18H2,1-4H3. The summed E-state index contributed by atoms with van der Waals surface area (Å²) in [6.07, 6.45) is 0. The fourth-order valence-corrected chi connectivity index (χ4v) is 5.28. The van der Waals surface area contributed by atoms with E-state index in [0.717, 1.165) is 5.69 Å². The lowest BCUT2D eigenvalue weighted by Gasteiger charge is -2.35. The SMILES string of the molecule is CN(CC(=O)N1CCN(S(=O)(=O)c2ccccc2C#N)CC1)c1ccc(C(C)(C)C)cc1. The minimum absolute atomic E-state index is 0.0145. The Kier molecular flexibility index (Phi) is 6.91. The van der Waals surface area contributed by atoms with Gasteiger partial charge in [-0.2, -0.15) is 9.57 Å². The number of nitriles is 1. The first kappa shape index (κ1) is 23.8. The lowest BCUT2D eigenvalue weighted by Crippen LogP contribution is -2.52. The van der Waals surface area contributed by atoms with Crippen LogP contribution in [0.4, 0.5) is 5.69 Å². The minimum Gasteiger partial charge on any atom is -0.365 e. The second-order valence-corrected chi connectivity index (χ2v) is 11.0. The summed E-state index contributed by atoms with van der Waals surface area (Å²) in [5, 5.41) is 9.24. The average Bonchev–Trinajstić information content (AvgIpc) is 2.78. The maximum Gasteiger partial charge on any atom is 0.244 e. The molecule has 0 radical (unpaired) electrons. The summed E-state index contributed by atoms with van der Waals surface area (Å²) in [6.45, 7) is 7.76. The van der Waals surface area contributed by atoms with Gasteiger partial charge >= 0.3 is 0 Å². The molecular weight excluding hydrogens is 424 g/mol. The third-order valence-electron chi connectivity index (χ3n) is 5.76. The van der Waals surface area contributed by atoms with E-state index < -0.39 is 10.0 Å². The molecule has 1 amide bonds. The number of hydrogen-bond donors (Lipinski definition) is 0. The van der Waals surface area contributed by atoms with Crippen molar-refractivity contribution in [2.75, 3.05) is 44.7 Å². The molecule has 0 unspecified atom stereocenters. The number of sulfonamides is 1. The van der Waals surface area contributed by atoms with Gasteiger partial charge in [0, 0.05) is 38.9 Å². The van der Waals surface area contributed by atoms with E-state index in [1.54, 1.807) is 17.0 Å². The Morgan fingerprint density at radius 2 is 1.62 bits per heavy atom. The number of amides is 1. The van der Waals surface area contributed by atoms with Crippen molar-refractivity contribution in [2.45, 2.75) is 31.1 Å². The van der Waals surface area contributed by atoms with Crippen molar-refractivity contribution in [3.63, 3.8) is 0 Å². The summed E-state index contributed by atoms with van der Waals surface area (Å²) in [6, 6.07) is 16.3. The van der Waals surface area contributed by atoms with Crippen LogP contribution >= 0.6 is 0 Å². The Hall–Kier alpha value is -2.89. The van der Waals surface area contributed by atoms with Gasteiger partial charge in [0.1, 0.15) is 6.07 Å². The van der Waals surface area contributed by atoms with Crippen LogP contribution in [0.25, 0.3) is 0 Å². The molecule has 0 N–H and O–H groups in total. The average molecular weight is 455 g/mol. The molecule has 7 nitrogen and oxygen atoms in total. The zero-order valence-electron chi connectivity index (χ0n) is 19.1. The van der Waals surface area contributed by atoms with E-state index >= 15 is 0 Å². The second kappa shape index (κ2) is 9.31. The monoisotopic (exact) mass is 454 g/mol. The summed E-state index contributed by atoms with van der Waals surface area (Å²) in [5.41, 5.74) is 2.39. The second-order valence-electron chi connectivity index (χ2n) is 9.05. The maximum atomic E-state index is 13.0. The number of carbonyl (C=O) groups excluding carboxylic acids is 1. The molecular formula is C24H30N4O3S. The summed E-state index contributed by atoms with van der Waals surface area (Å²) in [4.78, 5) is 16.4. The third-order valence-corrected chi connectivity index (χ3v) is 7.72. The third kappa shape index (κ3) is 5.12. The smallest absolute Gasteiger partial charge is 0.244 e. The predicted molar refractivity (Wildman–Crippen MR) is 125 cm³/mol. The summed E-state index contributed by atoms with van der Waals surface area (Å²) >= 11 is 0. The first-order valence-corrected chi connectivity index (χ1v) is 12.1. The summed E-state index contributed by atoms with van der Waals surface area (Å²) in [7, 11) is -1.90. The number of nitrogens with zero attached hydrogens (tertiary/aromatic N) is 4. The number of piperazine rings is 1. The van der Waals surface area contributed by atoms with E-state index in [9.17, 15) is 18.5 Å². The molecule has 2 aromatic carbocycles. The van der Waals surface area contributed by atoms with Crippen molar-refractivity contribution in [3.05, 3.63) is 59.7 Å². The van der Waals surface area contributed by atoms with Crippen molar-refractivity contribution in [2.24, 2.45) is 0 Å². The number of rotatable bonds is 5. The molecule has 1 fully saturated rings. The highest BCUT2D eigenvalue weighted by molar-refractivity contribution is 7.89. The van der Waals surface area contributed by atoms with Crippen molar-refractivity contribution in [3.8, 4) is 6.07 Å². The van der Waals surface area contributed by atoms with Crippen molar-refractivity contribution < 1.29 is 13.2 Å². The zero-order chi connectivity index (χ0) is 23.5. The lowest BCUT2D eigenvalue weighted by atomic mass is 9.87. The Morgan fingerprint density at radius 3 is 2.19 bits per heavy atom. The molecule has 1 heterocycles. The van der Waals surface area contributed by atoms with Gasteiger partial charge in [-0.1, -0.05) is 45.0 Å². The Labute approximate surface area is 190 Å². The highest BCUT2D eigenvalue weighted by atomic mass is 32.2. The van der Waals surface area contributed by atoms with E-state index in [0.29, 0.717) is 13.1 Å². The van der Waals surface area contributed by atoms with E-state index in [4.69, 9.17) is 0 Å². The van der Waals surface area contributed by atoms with Crippen molar-refractivity contribution >= 4 is 21.6 Å². The normalized spacial score (nSPS) is 15.3. The Morgan fingerprint density at radius 1 is 1.03 bits per heavy atom. The fraction of sp³-hybridized carbons (Fsp3) is 0.417. The van der Waals surface area contributed by atoms with Gasteiger partial charge in [-0.05, 0) is 35.2 Å². The molecule has 0 aliphatic carbocycles. The summed E-state index contributed by atoms with van der Waals surface area (Å²) in [5.74, 6) is -0.0399. The van der Waals surface area contributed by atoms with E-state index in [2.05, 4.69) is 32.9 Å². The van der Waals surface area contributed by atoms with Gasteiger partial charge in [0.15, 0.2) is 0 Å². The zero-order valence-corrected chi connectivity index (χ0v) is 19.9. The number of carbonyl (C=O) groups is 1. The predicted octanol–water partition coefficient (Wildman–Crippen LogP) is 2.83. The topological polar surface area (TPSA) is 84.7 Å². The molecule has 170 valence electrons. The molecule has 2 aromatic rings. The van der Waals surface area contributed by atoms with Gasteiger partial charge in [-0.25, -0.2) is 8.42 Å². The van der Waals surface area contributed by atoms with Gasteiger partial charge in [0.05, 0.1) is 17.0 Å². The molecule has 32 heavy (non-hydrogen) atoms. The van der Waals surface area contributed by atoms with Gasteiger partial charge in [0.25, 0.3) is 0 Å². The minimum atomic E-state index is -3.77. The molecule has 0 bridgehead atoms. The molecule has 1 saturated heterocycles. The van der Waals surface area contributed by atoms with Crippen LogP contribution in [-0.4, -0.2) is 63.3 Å². The van der Waals surface area contributed by atoms with E-state index in [-0.39, 0.29) is 41.4 Å². The fourth-order valence-electron chi connectivity index (χ4n) is 3.71.